The number of rotatable bonds is 4. The van der Waals surface area contributed by atoms with Crippen LogP contribution in [0.2, 0.25) is 39.3 Å². The largest absolute Gasteiger partial charge is 0.294 e. The zero-order chi connectivity index (χ0) is 20.1. The molecule has 4 rings (SSSR count). The van der Waals surface area contributed by atoms with Crippen molar-refractivity contribution in [3.05, 3.63) is 72.4 Å². The highest BCUT2D eigenvalue weighted by molar-refractivity contribution is 6.96. The second kappa shape index (κ2) is 6.71. The van der Waals surface area contributed by atoms with Gasteiger partial charge in [-0.3, -0.25) is 4.57 Å². The summed E-state index contributed by atoms with van der Waals surface area (Å²) in [6, 6.07) is 23.9. The molecule has 0 atom stereocenters. The van der Waals surface area contributed by atoms with Gasteiger partial charge in [0.2, 0.25) is 0 Å². The fourth-order valence-corrected chi connectivity index (χ4v) is 17.6. The number of fused-ring (bicyclic) bond motifs is 3. The SMILES string of the molecule is C[Si](C)(C)C(c1cccc(-n2c3ccccc3c3ccccc32)n1)[Si](C)(C)C. The fourth-order valence-electron chi connectivity index (χ4n) is 5.08. The highest BCUT2D eigenvalue weighted by Crippen LogP contribution is 2.36. The van der Waals surface area contributed by atoms with E-state index >= 15 is 0 Å². The maximum absolute atomic E-state index is 5.28. The van der Waals surface area contributed by atoms with Crippen molar-refractivity contribution >= 4 is 38.0 Å². The minimum Gasteiger partial charge on any atom is -0.294 e. The first kappa shape index (κ1) is 19.2. The van der Waals surface area contributed by atoms with E-state index in [0.29, 0.717) is 5.16 Å². The summed E-state index contributed by atoms with van der Waals surface area (Å²) in [5, 5.41) is 3.21. The molecule has 28 heavy (non-hydrogen) atoms. The quantitative estimate of drug-likeness (QED) is 0.335. The summed E-state index contributed by atoms with van der Waals surface area (Å²) < 4.78 is 2.33. The van der Waals surface area contributed by atoms with E-state index in [0.717, 1.165) is 5.82 Å². The van der Waals surface area contributed by atoms with Gasteiger partial charge in [-0.2, -0.15) is 0 Å². The van der Waals surface area contributed by atoms with Crippen LogP contribution in [0.5, 0.6) is 0 Å². The van der Waals surface area contributed by atoms with Crippen LogP contribution in [0.3, 0.4) is 0 Å². The topological polar surface area (TPSA) is 17.8 Å². The smallest absolute Gasteiger partial charge is 0.137 e. The second-order valence-electron chi connectivity index (χ2n) is 9.96. The molecule has 0 fully saturated rings. The van der Waals surface area contributed by atoms with Gasteiger partial charge >= 0.3 is 0 Å². The van der Waals surface area contributed by atoms with Crippen molar-refractivity contribution in [3.8, 4) is 5.82 Å². The molecule has 4 heteroatoms. The van der Waals surface area contributed by atoms with E-state index in [1.165, 1.54) is 27.5 Å². The van der Waals surface area contributed by atoms with Crippen molar-refractivity contribution in [1.29, 1.82) is 0 Å². The number of aromatic nitrogens is 2. The summed E-state index contributed by atoms with van der Waals surface area (Å²) in [6.45, 7) is 14.9. The van der Waals surface area contributed by atoms with E-state index in [1.807, 2.05) is 0 Å². The zero-order valence-corrected chi connectivity index (χ0v) is 19.8. The monoisotopic (exact) mass is 402 g/mol. The Balaban J connectivity index is 1.98. The van der Waals surface area contributed by atoms with Crippen LogP contribution in [0, 0.1) is 0 Å². The summed E-state index contributed by atoms with van der Waals surface area (Å²) in [7, 11) is -2.78. The number of hydrogen-bond acceptors (Lipinski definition) is 1. The van der Waals surface area contributed by atoms with Crippen molar-refractivity contribution in [2.45, 2.75) is 44.4 Å². The third-order valence-corrected chi connectivity index (χ3v) is 14.8. The van der Waals surface area contributed by atoms with Crippen LogP contribution in [0.1, 0.15) is 10.9 Å². The molecule has 2 nitrogen and oxygen atoms in total. The average molecular weight is 403 g/mol. The average Bonchev–Trinajstić information content (AvgIpc) is 2.94. The minimum atomic E-state index is -1.39. The fraction of sp³-hybridized carbons (Fsp3) is 0.292. The maximum atomic E-state index is 5.28. The van der Waals surface area contributed by atoms with Crippen LogP contribution in [-0.4, -0.2) is 25.7 Å². The molecular formula is C24H30N2Si2. The van der Waals surface area contributed by atoms with Crippen molar-refractivity contribution in [2.75, 3.05) is 0 Å². The lowest BCUT2D eigenvalue weighted by atomic mass is 10.2. The number of para-hydroxylation sites is 2. The van der Waals surface area contributed by atoms with E-state index in [9.17, 15) is 0 Å². The molecule has 0 radical (unpaired) electrons. The van der Waals surface area contributed by atoms with Gasteiger partial charge < -0.3 is 0 Å². The molecule has 2 heterocycles. The van der Waals surface area contributed by atoms with Crippen LogP contribution < -0.4 is 0 Å². The van der Waals surface area contributed by atoms with Gasteiger partial charge in [-0.15, -0.1) is 0 Å². The van der Waals surface area contributed by atoms with Crippen molar-refractivity contribution in [3.63, 3.8) is 0 Å². The predicted octanol–water partition coefficient (Wildman–Crippen LogP) is 7.02. The number of hydrogen-bond donors (Lipinski definition) is 0. The molecule has 2 aromatic heterocycles. The molecule has 2 aromatic carbocycles. The number of nitrogens with zero attached hydrogens (tertiary/aromatic N) is 2. The Morgan fingerprint density at radius 1 is 0.643 bits per heavy atom. The van der Waals surface area contributed by atoms with Crippen LogP contribution >= 0.6 is 0 Å². The Morgan fingerprint density at radius 3 is 1.64 bits per heavy atom. The van der Waals surface area contributed by atoms with E-state index in [1.54, 1.807) is 0 Å². The Bertz CT molecular complexity index is 1080. The van der Waals surface area contributed by atoms with Crippen LogP contribution in [-0.2, 0) is 0 Å². The van der Waals surface area contributed by atoms with Gasteiger partial charge in [0.1, 0.15) is 5.82 Å². The zero-order valence-electron chi connectivity index (χ0n) is 17.8. The van der Waals surface area contributed by atoms with Gasteiger partial charge in [0.15, 0.2) is 0 Å². The normalized spacial score (nSPS) is 13.0. The molecule has 0 saturated heterocycles. The lowest BCUT2D eigenvalue weighted by Gasteiger charge is -2.38. The predicted molar refractivity (Wildman–Crippen MR) is 128 cm³/mol. The number of pyridine rings is 1. The molecule has 144 valence electrons. The summed E-state index contributed by atoms with van der Waals surface area (Å²) >= 11 is 0. The van der Waals surface area contributed by atoms with Crippen molar-refractivity contribution in [2.24, 2.45) is 0 Å². The Labute approximate surface area is 170 Å². The third kappa shape index (κ3) is 3.25. The standard InChI is InChI=1S/C24H30N2Si2/c1-27(2,3)24(28(4,5)6)20-14-11-17-23(25-20)26-21-15-9-7-12-18(21)19-13-8-10-16-22(19)26/h7-17,24H,1-6H3. The van der Waals surface area contributed by atoms with Gasteiger partial charge in [-0.1, -0.05) is 81.7 Å². The van der Waals surface area contributed by atoms with Gasteiger partial charge in [0.05, 0.1) is 27.2 Å². The van der Waals surface area contributed by atoms with Crippen LogP contribution in [0.25, 0.3) is 27.6 Å². The Hall–Kier alpha value is -2.18. The molecule has 0 saturated carbocycles. The summed E-state index contributed by atoms with van der Waals surface area (Å²) in [5.41, 5.74) is 3.74. The van der Waals surface area contributed by atoms with E-state index in [-0.39, 0.29) is 0 Å². The lowest BCUT2D eigenvalue weighted by Crippen LogP contribution is -2.47. The molecule has 0 N–H and O–H groups in total. The first-order valence-electron chi connectivity index (χ1n) is 10.1. The molecule has 0 amide bonds. The summed E-state index contributed by atoms with van der Waals surface area (Å²) in [6.07, 6.45) is 0. The molecule has 0 bridgehead atoms. The van der Waals surface area contributed by atoms with Crippen molar-refractivity contribution < 1.29 is 0 Å². The molecule has 0 aliphatic rings. The minimum absolute atomic E-state index is 0.632. The van der Waals surface area contributed by atoms with Gasteiger partial charge in [0.25, 0.3) is 0 Å². The molecule has 0 spiro atoms. The lowest BCUT2D eigenvalue weighted by molar-refractivity contribution is 0.999. The maximum Gasteiger partial charge on any atom is 0.137 e. The first-order chi connectivity index (χ1) is 13.2. The van der Waals surface area contributed by atoms with Gasteiger partial charge in [0, 0.05) is 16.5 Å². The highest BCUT2D eigenvalue weighted by Gasteiger charge is 2.39. The van der Waals surface area contributed by atoms with Crippen LogP contribution in [0.15, 0.2) is 66.7 Å². The molecule has 0 aliphatic heterocycles. The van der Waals surface area contributed by atoms with Gasteiger partial charge in [-0.05, 0) is 29.4 Å². The molecule has 0 unspecified atom stereocenters. The van der Waals surface area contributed by atoms with E-state index in [2.05, 4.69) is 111 Å². The third-order valence-electron chi connectivity index (χ3n) is 5.59. The van der Waals surface area contributed by atoms with E-state index < -0.39 is 16.1 Å². The Morgan fingerprint density at radius 2 is 1.14 bits per heavy atom. The van der Waals surface area contributed by atoms with Crippen molar-refractivity contribution in [1.82, 2.24) is 9.55 Å². The van der Waals surface area contributed by atoms with Gasteiger partial charge in [-0.25, -0.2) is 4.98 Å². The Kier molecular flexibility index (Phi) is 4.59. The first-order valence-corrected chi connectivity index (χ1v) is 17.3. The summed E-state index contributed by atoms with van der Waals surface area (Å²) in [4.78, 5) is 5.28. The summed E-state index contributed by atoms with van der Waals surface area (Å²) in [5.74, 6) is 1.04. The highest BCUT2D eigenvalue weighted by atomic mass is 28.4. The number of benzene rings is 2. The second-order valence-corrected chi connectivity index (χ2v) is 21.2. The van der Waals surface area contributed by atoms with Crippen LogP contribution in [0.4, 0.5) is 0 Å². The van der Waals surface area contributed by atoms with E-state index in [4.69, 9.17) is 4.98 Å². The molecule has 0 aliphatic carbocycles. The molecule has 4 aromatic rings. The molecular weight excluding hydrogens is 372 g/mol.